The lowest BCUT2D eigenvalue weighted by Gasteiger charge is -2.33. The number of pyridine rings is 1. The predicted molar refractivity (Wildman–Crippen MR) is 143 cm³/mol. The molecular formula is C28H28F2N6O3. The topological polar surface area (TPSA) is 94.8 Å². The van der Waals surface area contributed by atoms with Crippen LogP contribution in [-0.2, 0) is 21.8 Å². The quantitative estimate of drug-likeness (QED) is 0.273. The maximum absolute atomic E-state index is 15.0. The summed E-state index contributed by atoms with van der Waals surface area (Å²) in [5, 5.41) is 12.3. The van der Waals surface area contributed by atoms with Crippen LogP contribution >= 0.6 is 0 Å². The van der Waals surface area contributed by atoms with Gasteiger partial charge in [0.25, 0.3) is 5.79 Å². The molecule has 39 heavy (non-hydrogen) atoms. The van der Waals surface area contributed by atoms with Crippen molar-refractivity contribution in [2.24, 2.45) is 4.99 Å². The monoisotopic (exact) mass is 534 g/mol. The second kappa shape index (κ2) is 11.5. The first-order valence-corrected chi connectivity index (χ1v) is 12.4. The lowest BCUT2D eigenvalue weighted by Crippen LogP contribution is -2.47. The molecule has 1 atom stereocenters. The molecular weight excluding hydrogens is 506 g/mol. The molecule has 0 saturated heterocycles. The number of anilines is 1. The van der Waals surface area contributed by atoms with Crippen LogP contribution in [0.2, 0.25) is 0 Å². The first-order valence-electron chi connectivity index (χ1n) is 12.4. The number of para-hydroxylation sites is 1. The van der Waals surface area contributed by atoms with E-state index in [1.165, 1.54) is 12.1 Å². The van der Waals surface area contributed by atoms with Gasteiger partial charge >= 0.3 is 0 Å². The average molecular weight is 535 g/mol. The minimum atomic E-state index is -1.25. The highest BCUT2D eigenvalue weighted by Crippen LogP contribution is 2.33. The van der Waals surface area contributed by atoms with E-state index in [1.807, 2.05) is 24.3 Å². The molecule has 0 aliphatic carbocycles. The summed E-state index contributed by atoms with van der Waals surface area (Å²) in [6, 6.07) is 13.4. The largest absolute Gasteiger partial charge is 0.494 e. The number of aromatic nitrogens is 3. The average Bonchev–Trinajstić information content (AvgIpc) is 3.32. The van der Waals surface area contributed by atoms with Crippen LogP contribution in [-0.4, -0.2) is 47.9 Å². The van der Waals surface area contributed by atoms with Crippen molar-refractivity contribution < 1.29 is 23.0 Å². The number of ether oxygens (including phenoxy) is 3. The van der Waals surface area contributed by atoms with Gasteiger partial charge in [0.2, 0.25) is 0 Å². The van der Waals surface area contributed by atoms with E-state index in [4.69, 9.17) is 24.3 Å². The normalized spacial score (nSPS) is 16.6. The summed E-state index contributed by atoms with van der Waals surface area (Å²) in [6.45, 7) is 2.71. The van der Waals surface area contributed by atoms with Gasteiger partial charge in [0.05, 0.1) is 31.5 Å². The number of nitrogens with one attached hydrogen (secondary N) is 2. The van der Waals surface area contributed by atoms with Gasteiger partial charge in [-0.25, -0.2) is 13.8 Å². The van der Waals surface area contributed by atoms with Gasteiger partial charge in [-0.3, -0.25) is 9.67 Å². The van der Waals surface area contributed by atoms with Gasteiger partial charge in [0, 0.05) is 54.5 Å². The van der Waals surface area contributed by atoms with Crippen molar-refractivity contribution in [1.82, 2.24) is 20.1 Å². The first kappa shape index (κ1) is 26.1. The van der Waals surface area contributed by atoms with Crippen LogP contribution in [0.3, 0.4) is 0 Å². The third-order valence-corrected chi connectivity index (χ3v) is 6.10. The minimum Gasteiger partial charge on any atom is -0.494 e. The van der Waals surface area contributed by atoms with E-state index in [1.54, 1.807) is 55.7 Å². The number of hydrogen-bond donors (Lipinski definition) is 2. The molecule has 2 aromatic carbocycles. The molecule has 0 saturated carbocycles. The highest BCUT2D eigenvalue weighted by Gasteiger charge is 2.38. The summed E-state index contributed by atoms with van der Waals surface area (Å²) in [4.78, 5) is 8.86. The summed E-state index contributed by atoms with van der Waals surface area (Å²) in [5.74, 6) is -2.02. The van der Waals surface area contributed by atoms with Crippen LogP contribution < -0.4 is 15.4 Å². The Kier molecular flexibility index (Phi) is 7.69. The fourth-order valence-corrected chi connectivity index (χ4v) is 4.28. The molecule has 0 fully saturated rings. The molecule has 1 aliphatic heterocycles. The number of nitrogens with zero attached hydrogens (tertiary/aromatic N) is 4. The third-order valence-electron chi connectivity index (χ3n) is 6.10. The summed E-state index contributed by atoms with van der Waals surface area (Å²) in [6.07, 6.45) is 6.61. The zero-order chi connectivity index (χ0) is 27.2. The van der Waals surface area contributed by atoms with E-state index in [9.17, 15) is 8.78 Å². The van der Waals surface area contributed by atoms with E-state index in [0.29, 0.717) is 36.8 Å². The Morgan fingerprint density at radius 1 is 1.03 bits per heavy atom. The standard InChI is InChI=1S/C28H28F2N6O3/c1-3-38-20-14-24(29)23(25(30)15-20)18-36-26-7-5-4-6-22(26)27(35-36)28(34-19-8-10-31-11-9-19)32-16-21(17-33-28)39-13-12-37-2/h4-11,14-17,32H,3,12-13,18H2,1-2H3,(H,31,34). The Balaban J connectivity index is 1.56. The van der Waals surface area contributed by atoms with Gasteiger partial charge in [-0.1, -0.05) is 18.2 Å². The molecule has 5 rings (SSSR count). The van der Waals surface area contributed by atoms with Crippen LogP contribution in [0.4, 0.5) is 14.5 Å². The SMILES string of the molecule is CCOc1cc(F)c(Cn2nc(C3(Nc4ccncc4)N=CC(OCCOC)=CN3)c3ccccc32)c(F)c1. The third kappa shape index (κ3) is 5.53. The van der Waals surface area contributed by atoms with E-state index < -0.39 is 17.4 Å². The number of benzene rings is 2. The van der Waals surface area contributed by atoms with Gasteiger partial charge in [0.15, 0.2) is 5.76 Å². The summed E-state index contributed by atoms with van der Waals surface area (Å²) in [5.41, 5.74) is 1.79. The van der Waals surface area contributed by atoms with Gasteiger partial charge in [-0.2, -0.15) is 5.10 Å². The van der Waals surface area contributed by atoms with Gasteiger partial charge in [-0.15, -0.1) is 0 Å². The molecule has 9 nitrogen and oxygen atoms in total. The molecule has 202 valence electrons. The van der Waals surface area contributed by atoms with E-state index in [2.05, 4.69) is 15.6 Å². The summed E-state index contributed by atoms with van der Waals surface area (Å²) < 4.78 is 47.5. The maximum atomic E-state index is 15.0. The van der Waals surface area contributed by atoms with Gasteiger partial charge in [-0.05, 0) is 25.1 Å². The molecule has 0 bridgehead atoms. The van der Waals surface area contributed by atoms with Crippen molar-refractivity contribution in [3.8, 4) is 5.75 Å². The van der Waals surface area contributed by atoms with Crippen molar-refractivity contribution in [2.45, 2.75) is 19.3 Å². The molecule has 1 aliphatic rings. The molecule has 4 aromatic rings. The fraction of sp³-hybridized carbons (Fsp3) is 0.250. The van der Waals surface area contributed by atoms with Crippen molar-refractivity contribution >= 4 is 22.8 Å². The number of allylic oxidation sites excluding steroid dienone is 1. The fourth-order valence-electron chi connectivity index (χ4n) is 4.28. The number of aliphatic imine (C=N–C) groups is 1. The highest BCUT2D eigenvalue weighted by atomic mass is 19.1. The zero-order valence-electron chi connectivity index (χ0n) is 21.5. The smallest absolute Gasteiger partial charge is 0.252 e. The maximum Gasteiger partial charge on any atom is 0.252 e. The van der Waals surface area contributed by atoms with Crippen LogP contribution in [0, 0.1) is 11.6 Å². The molecule has 3 heterocycles. The van der Waals surface area contributed by atoms with Crippen LogP contribution in [0.5, 0.6) is 5.75 Å². The summed E-state index contributed by atoms with van der Waals surface area (Å²) in [7, 11) is 1.60. The number of methoxy groups -OCH3 is 1. The van der Waals surface area contributed by atoms with Crippen LogP contribution in [0.25, 0.3) is 10.9 Å². The lowest BCUT2D eigenvalue weighted by molar-refractivity contribution is 0.116. The summed E-state index contributed by atoms with van der Waals surface area (Å²) >= 11 is 0. The molecule has 2 N–H and O–H groups in total. The minimum absolute atomic E-state index is 0.122. The lowest BCUT2D eigenvalue weighted by atomic mass is 10.1. The van der Waals surface area contributed by atoms with E-state index in [0.717, 1.165) is 11.1 Å². The molecule has 2 aromatic heterocycles. The van der Waals surface area contributed by atoms with Crippen LogP contribution in [0.15, 0.2) is 77.9 Å². The second-order valence-corrected chi connectivity index (χ2v) is 8.68. The second-order valence-electron chi connectivity index (χ2n) is 8.68. The molecule has 0 amide bonds. The number of fused-ring (bicyclic) bond motifs is 1. The first-order chi connectivity index (χ1) is 19.0. The van der Waals surface area contributed by atoms with Crippen LogP contribution in [0.1, 0.15) is 18.2 Å². The Bertz CT molecular complexity index is 1480. The number of halogens is 2. The van der Waals surface area contributed by atoms with E-state index >= 15 is 0 Å². The van der Waals surface area contributed by atoms with Gasteiger partial charge < -0.3 is 24.8 Å². The predicted octanol–water partition coefficient (Wildman–Crippen LogP) is 4.56. The Morgan fingerprint density at radius 3 is 2.49 bits per heavy atom. The van der Waals surface area contributed by atoms with Crippen molar-refractivity contribution in [3.05, 3.63) is 95.8 Å². The van der Waals surface area contributed by atoms with Gasteiger partial charge in [0.1, 0.15) is 29.7 Å². The molecule has 1 unspecified atom stereocenters. The number of rotatable bonds is 11. The molecule has 0 radical (unpaired) electrons. The van der Waals surface area contributed by atoms with Crippen molar-refractivity contribution in [3.63, 3.8) is 0 Å². The highest BCUT2D eigenvalue weighted by molar-refractivity contribution is 5.85. The Hall–Kier alpha value is -4.51. The molecule has 11 heteroatoms. The van der Waals surface area contributed by atoms with Crippen molar-refractivity contribution in [1.29, 1.82) is 0 Å². The Morgan fingerprint density at radius 2 is 1.79 bits per heavy atom. The Labute approximate surface area is 224 Å². The van der Waals surface area contributed by atoms with E-state index in [-0.39, 0.29) is 17.9 Å². The number of hydrogen-bond acceptors (Lipinski definition) is 8. The zero-order valence-corrected chi connectivity index (χ0v) is 21.5. The molecule has 0 spiro atoms. The van der Waals surface area contributed by atoms with Crippen molar-refractivity contribution in [2.75, 3.05) is 32.2 Å².